The zero-order chi connectivity index (χ0) is 33.3. The molecule has 4 aromatic carbocycles. The maximum atomic E-state index is 14.2. The van der Waals surface area contributed by atoms with Gasteiger partial charge in [-0.05, 0) is 78.8 Å². The first-order valence-corrected chi connectivity index (χ1v) is 16.1. The maximum absolute atomic E-state index is 14.2. The van der Waals surface area contributed by atoms with Crippen LogP contribution in [-0.4, -0.2) is 46.2 Å². The maximum Gasteiger partial charge on any atom is 0.410 e. The highest BCUT2D eigenvalue weighted by atomic mass is 35.5. The van der Waals surface area contributed by atoms with Crippen molar-refractivity contribution in [3.63, 3.8) is 0 Å². The smallest absolute Gasteiger partial charge is 0.410 e. The summed E-state index contributed by atoms with van der Waals surface area (Å²) in [6.45, 7) is 6.53. The SMILES string of the molecule is CC(C)(C)OC(=O)N1CCc2c(cccc2C2OC(CC(=O)O)C(=O)N(Cc3ccc(-c4ccccc4)cc3)c3ccc(Cl)cc32)C1. The summed E-state index contributed by atoms with van der Waals surface area (Å²) in [5.74, 6) is -1.58. The highest BCUT2D eigenvalue weighted by molar-refractivity contribution is 6.30. The Kier molecular flexibility index (Phi) is 9.08. The van der Waals surface area contributed by atoms with E-state index in [1.165, 1.54) is 0 Å². The molecule has 0 fully saturated rings. The van der Waals surface area contributed by atoms with Crippen LogP contribution < -0.4 is 4.90 Å². The van der Waals surface area contributed by atoms with E-state index < -0.39 is 36.1 Å². The summed E-state index contributed by atoms with van der Waals surface area (Å²) in [5.41, 5.74) is 6.42. The zero-order valence-corrected chi connectivity index (χ0v) is 27.4. The van der Waals surface area contributed by atoms with Crippen molar-refractivity contribution in [1.82, 2.24) is 4.90 Å². The first-order chi connectivity index (χ1) is 22.5. The molecule has 6 rings (SSSR count). The van der Waals surface area contributed by atoms with Gasteiger partial charge in [0.05, 0.1) is 18.7 Å². The van der Waals surface area contributed by atoms with E-state index in [1.807, 2.05) is 93.6 Å². The molecule has 2 aliphatic heterocycles. The van der Waals surface area contributed by atoms with Crippen LogP contribution in [0.1, 0.15) is 61.1 Å². The van der Waals surface area contributed by atoms with Crippen molar-refractivity contribution in [1.29, 1.82) is 0 Å². The minimum atomic E-state index is -1.25. The number of carboxylic acid groups (broad SMARTS) is 1. The highest BCUT2D eigenvalue weighted by Crippen LogP contribution is 2.43. The summed E-state index contributed by atoms with van der Waals surface area (Å²) in [7, 11) is 0. The molecule has 2 amide bonds. The molecule has 47 heavy (non-hydrogen) atoms. The molecule has 2 aliphatic rings. The second-order valence-corrected chi connectivity index (χ2v) is 13.4. The van der Waals surface area contributed by atoms with Crippen molar-refractivity contribution in [3.05, 3.63) is 124 Å². The average Bonchev–Trinajstić information content (AvgIpc) is 3.14. The normalized spacial score (nSPS) is 17.8. The van der Waals surface area contributed by atoms with E-state index in [2.05, 4.69) is 0 Å². The molecule has 0 spiro atoms. The number of hydrogen-bond donors (Lipinski definition) is 1. The molecule has 242 valence electrons. The molecule has 0 saturated carbocycles. The molecule has 9 heteroatoms. The van der Waals surface area contributed by atoms with E-state index in [-0.39, 0.29) is 12.6 Å². The van der Waals surface area contributed by atoms with E-state index >= 15 is 0 Å². The number of carbonyl (C=O) groups excluding carboxylic acids is 2. The van der Waals surface area contributed by atoms with Crippen molar-refractivity contribution in [2.75, 3.05) is 11.4 Å². The van der Waals surface area contributed by atoms with Crippen molar-refractivity contribution >= 4 is 35.3 Å². The molecule has 0 bridgehead atoms. The molecule has 0 radical (unpaired) electrons. The molecule has 2 unspecified atom stereocenters. The Hall–Kier alpha value is -4.66. The number of aliphatic carboxylic acids is 1. The summed E-state index contributed by atoms with van der Waals surface area (Å²) < 4.78 is 12.1. The molecule has 1 N–H and O–H groups in total. The lowest BCUT2D eigenvalue weighted by Crippen LogP contribution is -2.40. The number of halogens is 1. The Morgan fingerprint density at radius 3 is 2.36 bits per heavy atom. The highest BCUT2D eigenvalue weighted by Gasteiger charge is 2.39. The van der Waals surface area contributed by atoms with Crippen LogP contribution in [0.2, 0.25) is 5.02 Å². The Bertz CT molecular complexity index is 1800. The third-order valence-corrected chi connectivity index (χ3v) is 8.64. The van der Waals surface area contributed by atoms with Gasteiger partial charge in [-0.25, -0.2) is 4.79 Å². The van der Waals surface area contributed by atoms with Gasteiger partial charge in [0.2, 0.25) is 0 Å². The van der Waals surface area contributed by atoms with Gasteiger partial charge in [0.25, 0.3) is 5.91 Å². The quantitative estimate of drug-likeness (QED) is 0.228. The van der Waals surface area contributed by atoms with Crippen molar-refractivity contribution < 1.29 is 29.0 Å². The van der Waals surface area contributed by atoms with Crippen molar-refractivity contribution in [2.24, 2.45) is 0 Å². The Balaban J connectivity index is 1.38. The van der Waals surface area contributed by atoms with Gasteiger partial charge in [-0.15, -0.1) is 0 Å². The van der Waals surface area contributed by atoms with Gasteiger partial charge in [0.1, 0.15) is 17.8 Å². The molecule has 0 aromatic heterocycles. The predicted octanol–water partition coefficient (Wildman–Crippen LogP) is 7.80. The number of fused-ring (bicyclic) bond motifs is 2. The lowest BCUT2D eigenvalue weighted by atomic mass is 9.88. The molecule has 2 atom stereocenters. The predicted molar refractivity (Wildman–Crippen MR) is 180 cm³/mol. The van der Waals surface area contributed by atoms with Gasteiger partial charge in [0.15, 0.2) is 0 Å². The van der Waals surface area contributed by atoms with Crippen LogP contribution in [0.25, 0.3) is 11.1 Å². The summed E-state index contributed by atoms with van der Waals surface area (Å²) in [4.78, 5) is 42.4. The van der Waals surface area contributed by atoms with E-state index in [0.29, 0.717) is 35.8 Å². The van der Waals surface area contributed by atoms with Gasteiger partial charge >= 0.3 is 12.1 Å². The average molecular weight is 653 g/mol. The summed E-state index contributed by atoms with van der Waals surface area (Å²) in [6, 6.07) is 29.1. The molecular weight excluding hydrogens is 616 g/mol. The first kappa shape index (κ1) is 32.3. The van der Waals surface area contributed by atoms with E-state index in [0.717, 1.165) is 33.4 Å². The number of benzene rings is 4. The summed E-state index contributed by atoms with van der Waals surface area (Å²) in [5, 5.41) is 10.3. The Labute approximate surface area is 279 Å². The Morgan fingerprint density at radius 1 is 0.936 bits per heavy atom. The van der Waals surface area contributed by atoms with Crippen LogP contribution in [-0.2, 0) is 38.6 Å². The van der Waals surface area contributed by atoms with Gasteiger partial charge in [-0.3, -0.25) is 9.59 Å². The number of rotatable bonds is 6. The standard InChI is InChI=1S/C38H37ClN2O6/c1-38(2,3)47-37(45)40-19-18-29-27(23-40)10-7-11-30(29)35-31-20-28(39)16-17-32(31)41(36(44)33(46-35)21-34(42)43)22-24-12-14-26(15-13-24)25-8-5-4-6-9-25/h4-17,20,33,35H,18-19,21-23H2,1-3H3,(H,42,43). The second kappa shape index (κ2) is 13.2. The summed E-state index contributed by atoms with van der Waals surface area (Å²) in [6.07, 6.45) is -2.36. The van der Waals surface area contributed by atoms with E-state index in [9.17, 15) is 19.5 Å². The number of nitrogens with zero attached hydrogens (tertiary/aromatic N) is 2. The number of amides is 2. The van der Waals surface area contributed by atoms with Crippen LogP contribution >= 0.6 is 11.6 Å². The van der Waals surface area contributed by atoms with Crippen molar-refractivity contribution in [3.8, 4) is 11.1 Å². The number of carboxylic acids is 1. The number of hydrogen-bond acceptors (Lipinski definition) is 5. The van der Waals surface area contributed by atoms with Crippen LogP contribution in [0, 0.1) is 0 Å². The molecule has 2 heterocycles. The lowest BCUT2D eigenvalue weighted by Gasteiger charge is -2.33. The Morgan fingerprint density at radius 2 is 1.66 bits per heavy atom. The fourth-order valence-electron chi connectivity index (χ4n) is 6.25. The fraction of sp³-hybridized carbons (Fsp3) is 0.289. The topological polar surface area (TPSA) is 96.4 Å². The van der Waals surface area contributed by atoms with Crippen LogP contribution in [0.4, 0.5) is 10.5 Å². The van der Waals surface area contributed by atoms with Gasteiger partial charge in [-0.1, -0.05) is 84.4 Å². The number of carbonyl (C=O) groups is 3. The molecule has 0 saturated heterocycles. The fourth-order valence-corrected chi connectivity index (χ4v) is 6.43. The van der Waals surface area contributed by atoms with Crippen LogP contribution in [0.5, 0.6) is 0 Å². The third kappa shape index (κ3) is 7.19. The van der Waals surface area contributed by atoms with Gasteiger partial charge in [-0.2, -0.15) is 0 Å². The third-order valence-electron chi connectivity index (χ3n) is 8.40. The zero-order valence-electron chi connectivity index (χ0n) is 26.6. The number of anilines is 1. The van der Waals surface area contributed by atoms with Crippen molar-refractivity contribution in [2.45, 2.75) is 64.5 Å². The van der Waals surface area contributed by atoms with Crippen LogP contribution in [0.3, 0.4) is 0 Å². The minimum Gasteiger partial charge on any atom is -0.481 e. The minimum absolute atomic E-state index is 0.215. The van der Waals surface area contributed by atoms with E-state index in [1.54, 1.807) is 28.0 Å². The molecule has 4 aromatic rings. The van der Waals surface area contributed by atoms with E-state index in [4.69, 9.17) is 21.1 Å². The lowest BCUT2D eigenvalue weighted by molar-refractivity contribution is -0.147. The molecule has 0 aliphatic carbocycles. The van der Waals surface area contributed by atoms with Gasteiger partial charge in [0, 0.05) is 23.7 Å². The largest absolute Gasteiger partial charge is 0.481 e. The van der Waals surface area contributed by atoms with Gasteiger partial charge < -0.3 is 24.4 Å². The second-order valence-electron chi connectivity index (χ2n) is 12.9. The first-order valence-electron chi connectivity index (χ1n) is 15.7. The molecule has 8 nitrogen and oxygen atoms in total. The van der Waals surface area contributed by atoms with Crippen LogP contribution in [0.15, 0.2) is 91.0 Å². The number of ether oxygens (including phenoxy) is 2. The molecular formula is C38H37ClN2O6. The monoisotopic (exact) mass is 652 g/mol. The summed E-state index contributed by atoms with van der Waals surface area (Å²) >= 11 is 6.56.